The van der Waals surface area contributed by atoms with Gasteiger partial charge in [0.25, 0.3) is 0 Å². The molecule has 0 bridgehead atoms. The van der Waals surface area contributed by atoms with Gasteiger partial charge in [0.2, 0.25) is 0 Å². The lowest BCUT2D eigenvalue weighted by molar-refractivity contribution is 0.592. The number of hydrogen-bond acceptors (Lipinski definition) is 6. The summed E-state index contributed by atoms with van der Waals surface area (Å²) in [5.74, 6) is 1.54. The second-order valence-corrected chi connectivity index (χ2v) is 14.8. The molecule has 0 aliphatic heterocycles. The number of fused-ring (bicyclic) bond motifs is 4. The van der Waals surface area contributed by atoms with E-state index in [-0.39, 0.29) is 0 Å². The fourth-order valence-corrected chi connectivity index (χ4v) is 9.26. The molecule has 3 heterocycles. The second kappa shape index (κ2) is 12.3. The molecule has 0 fully saturated rings. The minimum absolute atomic E-state index is 0.483. The van der Waals surface area contributed by atoms with Crippen molar-refractivity contribution in [1.82, 2.24) is 24.9 Å². The van der Waals surface area contributed by atoms with E-state index < -0.39 is 7.14 Å². The third-order valence-corrected chi connectivity index (χ3v) is 12.0. The van der Waals surface area contributed by atoms with E-state index in [1.807, 2.05) is 146 Å². The molecule has 6 aromatic carbocycles. The van der Waals surface area contributed by atoms with Crippen LogP contribution in [-0.4, -0.2) is 24.9 Å². The van der Waals surface area contributed by atoms with Crippen LogP contribution in [0.1, 0.15) is 0 Å². The number of rotatable bonds is 6. The summed E-state index contributed by atoms with van der Waals surface area (Å²) < 4.78 is 15.3. The van der Waals surface area contributed by atoms with Gasteiger partial charge < -0.3 is 4.57 Å². The minimum atomic E-state index is -3.23. The second-order valence-electron chi connectivity index (χ2n) is 12.1. The Bertz CT molecular complexity index is 2700. The third-order valence-electron chi connectivity index (χ3n) is 8.99. The van der Waals surface area contributed by atoms with Gasteiger partial charge in [-0.3, -0.25) is 4.98 Å². The maximum atomic E-state index is 15.3. The number of para-hydroxylation sites is 1. The van der Waals surface area contributed by atoms with Crippen LogP contribution in [0.3, 0.4) is 0 Å². The molecule has 236 valence electrons. The van der Waals surface area contributed by atoms with Crippen LogP contribution in [-0.2, 0) is 4.57 Å². The van der Waals surface area contributed by atoms with E-state index in [4.69, 9.17) is 24.9 Å². The van der Waals surface area contributed by atoms with Gasteiger partial charge in [0.15, 0.2) is 24.6 Å². The highest BCUT2D eigenvalue weighted by molar-refractivity contribution is 7.85. The van der Waals surface area contributed by atoms with Crippen molar-refractivity contribution in [3.63, 3.8) is 0 Å². The Morgan fingerprint density at radius 3 is 1.76 bits per heavy atom. The first kappa shape index (κ1) is 29.8. The molecule has 0 spiro atoms. The lowest BCUT2D eigenvalue weighted by Crippen LogP contribution is -2.25. The largest absolute Gasteiger partial charge is 0.309 e. The van der Waals surface area contributed by atoms with Crippen LogP contribution in [0.15, 0.2) is 170 Å². The van der Waals surface area contributed by atoms with Crippen molar-refractivity contribution in [3.8, 4) is 34.2 Å². The molecule has 0 atom stereocenters. The van der Waals surface area contributed by atoms with E-state index in [1.54, 1.807) is 6.20 Å². The lowest BCUT2D eigenvalue weighted by atomic mass is 10.0. The van der Waals surface area contributed by atoms with Crippen molar-refractivity contribution < 1.29 is 4.57 Å². The Labute approximate surface area is 288 Å². The lowest BCUT2D eigenvalue weighted by Gasteiger charge is -2.20. The summed E-state index contributed by atoms with van der Waals surface area (Å²) in [6, 6.07) is 53.4. The summed E-state index contributed by atoms with van der Waals surface area (Å²) in [4.78, 5) is 25.0. The van der Waals surface area contributed by atoms with Crippen molar-refractivity contribution in [2.45, 2.75) is 0 Å². The zero-order valence-electron chi connectivity index (χ0n) is 26.8. The molecule has 9 rings (SSSR count). The topological polar surface area (TPSA) is 81.5 Å². The van der Waals surface area contributed by atoms with E-state index >= 15 is 4.57 Å². The van der Waals surface area contributed by atoms with E-state index in [1.165, 1.54) is 0 Å². The van der Waals surface area contributed by atoms with Gasteiger partial charge in [-0.2, -0.15) is 0 Å². The van der Waals surface area contributed by atoms with E-state index in [0.717, 1.165) is 60.0 Å². The number of pyridine rings is 2. The highest BCUT2D eigenvalue weighted by atomic mass is 31.2. The average molecular weight is 662 g/mol. The number of nitrogens with zero attached hydrogens (tertiary/aromatic N) is 5. The highest BCUT2D eigenvalue weighted by Gasteiger charge is 2.30. The van der Waals surface area contributed by atoms with Crippen LogP contribution in [0.5, 0.6) is 0 Å². The van der Waals surface area contributed by atoms with Crippen LogP contribution in [0, 0.1) is 0 Å². The molecule has 0 saturated heterocycles. The molecule has 0 amide bonds. The summed E-state index contributed by atoms with van der Waals surface area (Å²) in [6.45, 7) is 0. The van der Waals surface area contributed by atoms with Crippen LogP contribution in [0.2, 0.25) is 0 Å². The minimum Gasteiger partial charge on any atom is -0.309 e. The van der Waals surface area contributed by atoms with Gasteiger partial charge in [0, 0.05) is 55.0 Å². The van der Waals surface area contributed by atoms with Gasteiger partial charge in [-0.25, -0.2) is 19.9 Å². The fraction of sp³-hybridized carbons (Fsp3) is 0. The first-order valence-corrected chi connectivity index (χ1v) is 18.1. The zero-order chi connectivity index (χ0) is 33.5. The van der Waals surface area contributed by atoms with Gasteiger partial charge in [-0.15, -0.1) is 0 Å². The Morgan fingerprint density at radius 1 is 0.420 bits per heavy atom. The molecule has 0 radical (unpaired) electrons. The van der Waals surface area contributed by atoms with Crippen molar-refractivity contribution in [2.75, 3.05) is 0 Å². The molecule has 0 aliphatic rings. The molecule has 7 heteroatoms. The number of hydrogen-bond donors (Lipinski definition) is 0. The Hall–Kier alpha value is -6.36. The van der Waals surface area contributed by atoms with Crippen LogP contribution in [0.25, 0.3) is 66.9 Å². The molecule has 0 N–H and O–H groups in total. The molecular weight excluding hydrogens is 633 g/mol. The maximum absolute atomic E-state index is 15.3. The van der Waals surface area contributed by atoms with Gasteiger partial charge >= 0.3 is 0 Å². The third kappa shape index (κ3) is 5.14. The van der Waals surface area contributed by atoms with Crippen molar-refractivity contribution in [3.05, 3.63) is 170 Å². The molecule has 50 heavy (non-hydrogen) atoms. The molecule has 3 aromatic heterocycles. The summed E-state index contributed by atoms with van der Waals surface area (Å²) in [5.41, 5.74) is 4.95. The smallest absolute Gasteiger partial charge is 0.171 e. The Morgan fingerprint density at radius 2 is 1.02 bits per heavy atom. The van der Waals surface area contributed by atoms with Crippen LogP contribution >= 0.6 is 7.14 Å². The predicted octanol–water partition coefficient (Wildman–Crippen LogP) is 8.76. The summed E-state index contributed by atoms with van der Waals surface area (Å²) in [6.07, 6.45) is 1.79. The number of benzene rings is 6. The van der Waals surface area contributed by atoms with Crippen molar-refractivity contribution in [1.29, 1.82) is 0 Å². The van der Waals surface area contributed by atoms with Crippen LogP contribution in [0.4, 0.5) is 0 Å². The first-order chi connectivity index (χ1) is 24.6. The summed E-state index contributed by atoms with van der Waals surface area (Å²) >= 11 is 0. The van der Waals surface area contributed by atoms with Gasteiger partial charge in [-0.05, 0) is 30.3 Å². The van der Waals surface area contributed by atoms with Gasteiger partial charge in [0.05, 0.1) is 16.6 Å². The molecule has 0 saturated carbocycles. The molecule has 0 unspecified atom stereocenters. The van der Waals surface area contributed by atoms with E-state index in [2.05, 4.69) is 18.2 Å². The van der Waals surface area contributed by atoms with Crippen LogP contribution < -0.4 is 15.9 Å². The molecular formula is C43H28N5OP. The standard InChI is InChI=1S/C43H28N5OP/c49-50(33-18-6-2-7-19-33,34-20-8-3-9-21-34)35-22-12-17-31(27-35)42-46-41(29-14-4-1-5-15-29)47-43(48-42)37-28-32-26-30-16-10-11-24-38(30)45-39(32)40-36(37)23-13-25-44-40/h1-28H. The number of aromatic nitrogens is 5. The van der Waals surface area contributed by atoms with E-state index in [9.17, 15) is 0 Å². The summed E-state index contributed by atoms with van der Waals surface area (Å²) in [5, 5.41) is 5.11. The quantitative estimate of drug-likeness (QED) is 0.101. The first-order valence-electron chi connectivity index (χ1n) is 16.4. The predicted molar refractivity (Wildman–Crippen MR) is 204 cm³/mol. The molecule has 0 aliphatic carbocycles. The molecule has 6 nitrogen and oxygen atoms in total. The van der Waals surface area contributed by atoms with E-state index in [0.29, 0.717) is 22.8 Å². The zero-order valence-corrected chi connectivity index (χ0v) is 27.7. The van der Waals surface area contributed by atoms with Crippen molar-refractivity contribution >= 4 is 55.8 Å². The SMILES string of the molecule is O=P(c1ccccc1)(c1ccccc1)c1cccc(-c2nc(-c3ccccc3)nc(-c3cc4cc5ccccc5nc4c4ncccc34)n2)c1. The average Bonchev–Trinajstić information content (AvgIpc) is 3.20. The normalized spacial score (nSPS) is 11.7. The summed E-state index contributed by atoms with van der Waals surface area (Å²) in [7, 11) is -3.23. The Kier molecular flexibility index (Phi) is 7.30. The highest BCUT2D eigenvalue weighted by Crippen LogP contribution is 2.43. The molecule has 9 aromatic rings. The van der Waals surface area contributed by atoms with Crippen molar-refractivity contribution in [2.24, 2.45) is 0 Å². The maximum Gasteiger partial charge on any atom is 0.171 e. The fourth-order valence-electron chi connectivity index (χ4n) is 6.57. The Balaban J connectivity index is 1.28. The monoisotopic (exact) mass is 661 g/mol. The van der Waals surface area contributed by atoms with Gasteiger partial charge in [0.1, 0.15) is 0 Å². The van der Waals surface area contributed by atoms with Gasteiger partial charge in [-0.1, -0.05) is 133 Å².